The summed E-state index contributed by atoms with van der Waals surface area (Å²) in [7, 11) is 3.88. The third-order valence-corrected chi connectivity index (χ3v) is 6.26. The van der Waals surface area contributed by atoms with Crippen molar-refractivity contribution in [2.24, 2.45) is 11.8 Å². The van der Waals surface area contributed by atoms with E-state index in [1.54, 1.807) is 12.1 Å². The van der Waals surface area contributed by atoms with Crippen molar-refractivity contribution >= 4 is 17.8 Å². The lowest BCUT2D eigenvalue weighted by atomic mass is 9.85. The molecule has 3 aliphatic heterocycles. The number of hydrogen-bond donors (Lipinski definition) is 3. The third kappa shape index (κ3) is 4.28. The zero-order valence-corrected chi connectivity index (χ0v) is 17.7. The Bertz CT molecular complexity index is 854. The molecule has 2 saturated heterocycles. The molecule has 1 aromatic carbocycles. The molecule has 3 N–H and O–H groups in total. The van der Waals surface area contributed by atoms with Crippen LogP contribution >= 0.6 is 0 Å². The van der Waals surface area contributed by atoms with Crippen molar-refractivity contribution in [2.45, 2.75) is 24.7 Å². The van der Waals surface area contributed by atoms with Gasteiger partial charge in [-0.05, 0) is 38.2 Å². The lowest BCUT2D eigenvalue weighted by Crippen LogP contribution is -2.47. The van der Waals surface area contributed by atoms with Crippen molar-refractivity contribution in [3.05, 3.63) is 42.0 Å². The zero-order valence-electron chi connectivity index (χ0n) is 17.7. The highest BCUT2D eigenvalue weighted by molar-refractivity contribution is 6.06. The Morgan fingerprint density at radius 3 is 2.29 bits per heavy atom. The molecule has 0 saturated carbocycles. The lowest BCUT2D eigenvalue weighted by Gasteiger charge is -2.25. The van der Waals surface area contributed by atoms with Gasteiger partial charge in [-0.3, -0.25) is 14.5 Å². The van der Waals surface area contributed by atoms with E-state index in [2.05, 4.69) is 10.6 Å². The van der Waals surface area contributed by atoms with E-state index in [9.17, 15) is 19.5 Å². The van der Waals surface area contributed by atoms with Crippen molar-refractivity contribution in [1.29, 1.82) is 0 Å². The summed E-state index contributed by atoms with van der Waals surface area (Å²) in [5, 5.41) is 15.0. The number of urea groups is 1. The zero-order chi connectivity index (χ0) is 22.1. The molecule has 31 heavy (non-hydrogen) atoms. The van der Waals surface area contributed by atoms with Gasteiger partial charge in [0.2, 0.25) is 11.8 Å². The SMILES string of the molecule is CN(C)[C@H](CNC(=O)NCCN1C(=O)C2C3C=CC(O3)C2C1=O)Cc1ccc(O)cc1. The van der Waals surface area contributed by atoms with Gasteiger partial charge in [0.05, 0.1) is 24.0 Å². The van der Waals surface area contributed by atoms with Gasteiger partial charge in [0, 0.05) is 25.7 Å². The number of phenolic OH excluding ortho intramolecular Hbond substituents is 1. The van der Waals surface area contributed by atoms with Crippen LogP contribution in [0.3, 0.4) is 0 Å². The summed E-state index contributed by atoms with van der Waals surface area (Å²) in [5.74, 6) is -1.04. The van der Waals surface area contributed by atoms with Crippen molar-refractivity contribution in [3.8, 4) is 5.75 Å². The fraction of sp³-hybridized carbons (Fsp3) is 0.500. The van der Waals surface area contributed by atoms with Gasteiger partial charge in [-0.1, -0.05) is 24.3 Å². The van der Waals surface area contributed by atoms with Gasteiger partial charge < -0.3 is 25.4 Å². The standard InChI is InChI=1S/C22H28N4O5/c1-25(2)14(11-13-3-5-15(27)6-4-13)12-24-22(30)23-9-10-26-20(28)18-16-7-8-17(31-16)19(18)21(26)29/h3-8,14,16-19,27H,9-12H2,1-2H3,(H2,23,24,30)/t14-,16?,17?,18?,19?/m0/s1. The molecule has 0 spiro atoms. The van der Waals surface area contributed by atoms with Gasteiger partial charge in [-0.25, -0.2) is 4.79 Å². The number of rotatable bonds is 8. The number of aromatic hydroxyl groups is 1. The van der Waals surface area contributed by atoms with E-state index in [1.807, 2.05) is 43.3 Å². The van der Waals surface area contributed by atoms with E-state index in [4.69, 9.17) is 4.74 Å². The quantitative estimate of drug-likeness (QED) is 0.400. The van der Waals surface area contributed by atoms with Crippen LogP contribution in [0.15, 0.2) is 36.4 Å². The van der Waals surface area contributed by atoms with E-state index >= 15 is 0 Å². The summed E-state index contributed by atoms with van der Waals surface area (Å²) >= 11 is 0. The third-order valence-electron chi connectivity index (χ3n) is 6.26. The molecule has 9 heteroatoms. The number of imide groups is 1. The maximum atomic E-state index is 12.6. The normalized spacial score (nSPS) is 27.1. The Morgan fingerprint density at radius 1 is 1.10 bits per heavy atom. The number of nitrogens with one attached hydrogen (secondary N) is 2. The second-order valence-corrected chi connectivity index (χ2v) is 8.45. The van der Waals surface area contributed by atoms with Gasteiger partial charge in [-0.15, -0.1) is 0 Å². The summed E-state index contributed by atoms with van der Waals surface area (Å²) in [6.45, 7) is 0.775. The fourth-order valence-corrected chi connectivity index (χ4v) is 4.48. The van der Waals surface area contributed by atoms with Crippen LogP contribution in [0, 0.1) is 11.8 Å². The highest BCUT2D eigenvalue weighted by atomic mass is 16.5. The number of ether oxygens (including phenoxy) is 1. The predicted octanol–water partition coefficient (Wildman–Crippen LogP) is 0.103. The Labute approximate surface area is 181 Å². The number of likely N-dealkylation sites (tertiary alicyclic amines) is 1. The molecule has 3 heterocycles. The van der Waals surface area contributed by atoms with E-state index in [0.717, 1.165) is 5.56 Å². The molecule has 5 atom stereocenters. The molecular weight excluding hydrogens is 400 g/mol. The van der Waals surface area contributed by atoms with Gasteiger partial charge in [-0.2, -0.15) is 0 Å². The molecule has 1 aromatic rings. The Morgan fingerprint density at radius 2 is 1.71 bits per heavy atom. The van der Waals surface area contributed by atoms with Crippen molar-refractivity contribution in [3.63, 3.8) is 0 Å². The van der Waals surface area contributed by atoms with Crippen LogP contribution in [0.1, 0.15) is 5.56 Å². The molecule has 4 unspecified atom stereocenters. The van der Waals surface area contributed by atoms with E-state index in [-0.39, 0.29) is 54.9 Å². The number of nitrogens with zero attached hydrogens (tertiary/aromatic N) is 2. The maximum absolute atomic E-state index is 12.6. The second kappa shape index (κ2) is 8.68. The number of fused-ring (bicyclic) bond motifs is 5. The fourth-order valence-electron chi connectivity index (χ4n) is 4.48. The van der Waals surface area contributed by atoms with Crippen molar-refractivity contribution in [1.82, 2.24) is 20.4 Å². The van der Waals surface area contributed by atoms with Crippen LogP contribution < -0.4 is 10.6 Å². The van der Waals surface area contributed by atoms with Crippen LogP contribution in [0.2, 0.25) is 0 Å². The smallest absolute Gasteiger partial charge is 0.314 e. The summed E-state index contributed by atoms with van der Waals surface area (Å²) in [4.78, 5) is 40.7. The molecule has 4 rings (SSSR count). The number of hydrogen-bond acceptors (Lipinski definition) is 6. The topological polar surface area (TPSA) is 111 Å². The molecular formula is C22H28N4O5. The molecule has 0 aromatic heterocycles. The highest BCUT2D eigenvalue weighted by Crippen LogP contribution is 2.44. The van der Waals surface area contributed by atoms with Crippen LogP contribution in [-0.2, 0) is 20.7 Å². The molecule has 166 valence electrons. The van der Waals surface area contributed by atoms with Gasteiger partial charge in [0.25, 0.3) is 0 Å². The van der Waals surface area contributed by atoms with E-state index in [1.165, 1.54) is 4.90 Å². The van der Waals surface area contributed by atoms with E-state index in [0.29, 0.717) is 13.0 Å². The number of phenols is 1. The first-order valence-electron chi connectivity index (χ1n) is 10.5. The van der Waals surface area contributed by atoms with Crippen LogP contribution in [0.25, 0.3) is 0 Å². The van der Waals surface area contributed by atoms with Gasteiger partial charge in [0.1, 0.15) is 5.75 Å². The van der Waals surface area contributed by atoms with Crippen LogP contribution in [0.4, 0.5) is 4.79 Å². The highest BCUT2D eigenvalue weighted by Gasteiger charge is 2.60. The maximum Gasteiger partial charge on any atom is 0.314 e. The van der Waals surface area contributed by atoms with Gasteiger partial charge in [0.15, 0.2) is 0 Å². The first-order chi connectivity index (χ1) is 14.8. The summed E-state index contributed by atoms with van der Waals surface area (Å²) < 4.78 is 5.62. The monoisotopic (exact) mass is 428 g/mol. The Hall–Kier alpha value is -2.91. The second-order valence-electron chi connectivity index (χ2n) is 8.45. The van der Waals surface area contributed by atoms with Gasteiger partial charge >= 0.3 is 6.03 Å². The molecule has 2 bridgehead atoms. The molecule has 0 radical (unpaired) electrons. The minimum absolute atomic E-state index is 0.0689. The van der Waals surface area contributed by atoms with Crippen LogP contribution in [-0.4, -0.2) is 84.7 Å². The number of likely N-dealkylation sites (N-methyl/N-ethyl adjacent to an activating group) is 1. The minimum atomic E-state index is -0.419. The van der Waals surface area contributed by atoms with Crippen molar-refractivity contribution < 1.29 is 24.2 Å². The average molecular weight is 428 g/mol. The summed E-state index contributed by atoms with van der Waals surface area (Å²) in [5.41, 5.74) is 1.06. The molecule has 3 aliphatic rings. The summed E-state index contributed by atoms with van der Waals surface area (Å²) in [6, 6.07) is 6.73. The Kier molecular flexibility index (Phi) is 5.97. The lowest BCUT2D eigenvalue weighted by molar-refractivity contribution is -0.142. The first-order valence-corrected chi connectivity index (χ1v) is 10.5. The molecule has 9 nitrogen and oxygen atoms in total. The average Bonchev–Trinajstić information content (AvgIpc) is 3.42. The first kappa shape index (κ1) is 21.3. The number of benzene rings is 1. The van der Waals surface area contributed by atoms with Crippen molar-refractivity contribution in [2.75, 3.05) is 33.7 Å². The summed E-state index contributed by atoms with van der Waals surface area (Å²) in [6.07, 6.45) is 3.82. The molecule has 4 amide bonds. The number of carbonyl (C=O) groups is 3. The number of carbonyl (C=O) groups excluding carboxylic acids is 3. The number of amides is 4. The molecule has 0 aliphatic carbocycles. The van der Waals surface area contributed by atoms with E-state index < -0.39 is 11.8 Å². The molecule has 2 fully saturated rings. The largest absolute Gasteiger partial charge is 0.508 e. The van der Waals surface area contributed by atoms with Crippen LogP contribution in [0.5, 0.6) is 5.75 Å². The predicted molar refractivity (Wildman–Crippen MR) is 112 cm³/mol. The minimum Gasteiger partial charge on any atom is -0.508 e. The Balaban J connectivity index is 1.21.